The van der Waals surface area contributed by atoms with Crippen molar-refractivity contribution in [2.24, 2.45) is 5.92 Å². The second kappa shape index (κ2) is 8.70. The van der Waals surface area contributed by atoms with Crippen LogP contribution in [0.3, 0.4) is 0 Å². The van der Waals surface area contributed by atoms with Crippen molar-refractivity contribution in [2.75, 3.05) is 13.2 Å². The molecule has 0 aliphatic heterocycles. The number of para-hydroxylation sites is 1. The van der Waals surface area contributed by atoms with Gasteiger partial charge in [0, 0.05) is 17.5 Å². The van der Waals surface area contributed by atoms with E-state index in [1.807, 2.05) is 0 Å². The number of ether oxygens (including phenoxy) is 2. The molecule has 0 N–H and O–H groups in total. The Morgan fingerprint density at radius 2 is 2.03 bits per heavy atom. The van der Waals surface area contributed by atoms with E-state index in [0.29, 0.717) is 45.2 Å². The summed E-state index contributed by atoms with van der Waals surface area (Å²) in [6, 6.07) is 13.5. The number of nitriles is 1. The molecule has 2 aromatic carbocycles. The molecule has 30 heavy (non-hydrogen) atoms. The van der Waals surface area contributed by atoms with Gasteiger partial charge in [-0.2, -0.15) is 5.26 Å². The summed E-state index contributed by atoms with van der Waals surface area (Å²) < 4.78 is 17.1. The highest BCUT2D eigenvalue weighted by molar-refractivity contribution is 6.34. The third-order valence-electron chi connectivity index (χ3n) is 5.11. The van der Waals surface area contributed by atoms with Gasteiger partial charge in [-0.3, -0.25) is 4.79 Å². The van der Waals surface area contributed by atoms with E-state index >= 15 is 0 Å². The van der Waals surface area contributed by atoms with E-state index in [2.05, 4.69) is 6.07 Å². The molecule has 1 heterocycles. The number of carbonyl (C=O) groups is 1. The average Bonchev–Trinajstić information content (AvgIpc) is 2.73. The third-order valence-corrected chi connectivity index (χ3v) is 5.41. The molecule has 1 aliphatic rings. The normalized spacial score (nSPS) is 17.9. The number of benzene rings is 2. The average molecular weight is 424 g/mol. The minimum Gasteiger partial charge on any atom is -0.490 e. The first-order chi connectivity index (χ1) is 14.6. The van der Waals surface area contributed by atoms with Gasteiger partial charge < -0.3 is 18.7 Å². The van der Waals surface area contributed by atoms with E-state index in [1.165, 1.54) is 6.07 Å². The number of aldehydes is 1. The SMILES string of the molecule is N#Cc1cc(-c2cc(=O)c3cccc(Cl)c3o2)ccc1OCCOC1CC(C=O)C1. The number of fused-ring (bicyclic) bond motifs is 1. The largest absolute Gasteiger partial charge is 0.490 e. The molecular weight excluding hydrogens is 406 g/mol. The quantitative estimate of drug-likeness (QED) is 0.414. The number of nitrogens with zero attached hydrogens (tertiary/aromatic N) is 1. The molecule has 1 aliphatic carbocycles. The molecule has 1 saturated carbocycles. The topological polar surface area (TPSA) is 89.5 Å². The van der Waals surface area contributed by atoms with Gasteiger partial charge in [-0.25, -0.2) is 0 Å². The molecule has 0 saturated heterocycles. The standard InChI is InChI=1S/C23H18ClNO5/c24-19-3-1-2-18-20(27)11-22(30-23(18)19)15-4-5-21(16(10-15)12-25)29-7-6-28-17-8-14(9-17)13-26/h1-5,10-11,13-14,17H,6-9H2. The van der Waals surface area contributed by atoms with Gasteiger partial charge in [0.05, 0.1) is 28.7 Å². The summed E-state index contributed by atoms with van der Waals surface area (Å²) in [6.45, 7) is 0.665. The van der Waals surface area contributed by atoms with E-state index in [1.54, 1.807) is 36.4 Å². The van der Waals surface area contributed by atoms with Crippen molar-refractivity contribution >= 4 is 28.9 Å². The van der Waals surface area contributed by atoms with Crippen molar-refractivity contribution < 1.29 is 18.7 Å². The van der Waals surface area contributed by atoms with E-state index in [4.69, 9.17) is 25.5 Å². The lowest BCUT2D eigenvalue weighted by Crippen LogP contribution is -2.33. The molecule has 152 valence electrons. The molecule has 0 amide bonds. The molecule has 7 heteroatoms. The lowest BCUT2D eigenvalue weighted by atomic mass is 9.83. The minimum absolute atomic E-state index is 0.101. The van der Waals surface area contributed by atoms with E-state index < -0.39 is 0 Å². The van der Waals surface area contributed by atoms with Crippen molar-refractivity contribution in [1.29, 1.82) is 5.26 Å². The predicted molar refractivity (Wildman–Crippen MR) is 112 cm³/mol. The zero-order valence-electron chi connectivity index (χ0n) is 16.0. The van der Waals surface area contributed by atoms with Gasteiger partial charge in [-0.15, -0.1) is 0 Å². The van der Waals surface area contributed by atoms with Gasteiger partial charge >= 0.3 is 0 Å². The Hall–Kier alpha value is -3.14. The van der Waals surface area contributed by atoms with Gasteiger partial charge in [-0.05, 0) is 43.2 Å². The number of carbonyl (C=O) groups excluding carboxylic acids is 1. The fourth-order valence-electron chi connectivity index (χ4n) is 3.40. The predicted octanol–water partition coefficient (Wildman–Crippen LogP) is 4.36. The third kappa shape index (κ3) is 4.09. The monoisotopic (exact) mass is 423 g/mol. The lowest BCUT2D eigenvalue weighted by Gasteiger charge is -2.31. The van der Waals surface area contributed by atoms with Crippen LogP contribution in [0.4, 0.5) is 0 Å². The fraction of sp³-hybridized carbons (Fsp3) is 0.261. The van der Waals surface area contributed by atoms with Crippen LogP contribution in [0.2, 0.25) is 5.02 Å². The lowest BCUT2D eigenvalue weighted by molar-refractivity contribution is -0.119. The molecule has 0 atom stereocenters. The first kappa shape index (κ1) is 20.1. The Labute approximate surface area is 177 Å². The van der Waals surface area contributed by atoms with Crippen molar-refractivity contribution in [1.82, 2.24) is 0 Å². The van der Waals surface area contributed by atoms with Gasteiger partial charge in [0.15, 0.2) is 11.0 Å². The van der Waals surface area contributed by atoms with E-state index in [0.717, 1.165) is 19.1 Å². The molecule has 4 rings (SSSR count). The summed E-state index contributed by atoms with van der Waals surface area (Å²) >= 11 is 6.16. The van der Waals surface area contributed by atoms with Crippen molar-refractivity contribution in [3.05, 3.63) is 63.3 Å². The molecule has 3 aromatic rings. The maximum Gasteiger partial charge on any atom is 0.193 e. The highest BCUT2D eigenvalue weighted by Crippen LogP contribution is 2.30. The molecule has 0 unspecified atom stereocenters. The van der Waals surface area contributed by atoms with Crippen molar-refractivity contribution in [2.45, 2.75) is 18.9 Å². The summed E-state index contributed by atoms with van der Waals surface area (Å²) in [5.74, 6) is 0.853. The van der Waals surface area contributed by atoms with Crippen LogP contribution in [0, 0.1) is 17.2 Å². The van der Waals surface area contributed by atoms with Crippen LogP contribution in [-0.2, 0) is 9.53 Å². The van der Waals surface area contributed by atoms with Crippen LogP contribution in [-0.4, -0.2) is 25.6 Å². The van der Waals surface area contributed by atoms with Crippen LogP contribution < -0.4 is 10.2 Å². The minimum atomic E-state index is -0.211. The van der Waals surface area contributed by atoms with Gasteiger partial charge in [0.1, 0.15) is 30.5 Å². The number of halogens is 1. The first-order valence-electron chi connectivity index (χ1n) is 9.55. The molecule has 1 fully saturated rings. The summed E-state index contributed by atoms with van der Waals surface area (Å²) in [5, 5.41) is 10.2. The Balaban J connectivity index is 1.48. The van der Waals surface area contributed by atoms with Crippen LogP contribution >= 0.6 is 11.6 Å². The Morgan fingerprint density at radius 3 is 2.80 bits per heavy atom. The van der Waals surface area contributed by atoms with Crippen molar-refractivity contribution in [3.8, 4) is 23.1 Å². The smallest absolute Gasteiger partial charge is 0.193 e. The summed E-state index contributed by atoms with van der Waals surface area (Å²) in [6.07, 6.45) is 2.57. The second-order valence-electron chi connectivity index (χ2n) is 7.12. The second-order valence-corrected chi connectivity index (χ2v) is 7.53. The molecule has 1 aromatic heterocycles. The summed E-state index contributed by atoms with van der Waals surface area (Å²) in [5.41, 5.74) is 0.991. The Kier molecular flexibility index (Phi) is 5.84. The summed E-state index contributed by atoms with van der Waals surface area (Å²) in [4.78, 5) is 23.0. The zero-order chi connectivity index (χ0) is 21.1. The molecule has 6 nitrogen and oxygen atoms in total. The van der Waals surface area contributed by atoms with Gasteiger partial charge in [-0.1, -0.05) is 17.7 Å². The van der Waals surface area contributed by atoms with E-state index in [-0.39, 0.29) is 24.1 Å². The summed E-state index contributed by atoms with van der Waals surface area (Å²) in [7, 11) is 0. The van der Waals surface area contributed by atoms with Gasteiger partial charge in [0.25, 0.3) is 0 Å². The van der Waals surface area contributed by atoms with Crippen LogP contribution in [0.15, 0.2) is 51.7 Å². The van der Waals surface area contributed by atoms with E-state index in [9.17, 15) is 14.9 Å². The number of hydrogen-bond donors (Lipinski definition) is 0. The van der Waals surface area contributed by atoms with Crippen LogP contribution in [0.25, 0.3) is 22.3 Å². The van der Waals surface area contributed by atoms with Crippen molar-refractivity contribution in [3.63, 3.8) is 0 Å². The highest BCUT2D eigenvalue weighted by Gasteiger charge is 2.29. The zero-order valence-corrected chi connectivity index (χ0v) is 16.7. The fourth-order valence-corrected chi connectivity index (χ4v) is 3.61. The number of rotatable bonds is 7. The molecule has 0 radical (unpaired) electrons. The molecule has 0 bridgehead atoms. The van der Waals surface area contributed by atoms with Crippen LogP contribution in [0.5, 0.6) is 5.75 Å². The van der Waals surface area contributed by atoms with Gasteiger partial charge in [0.2, 0.25) is 0 Å². The molecular formula is C23H18ClNO5. The Morgan fingerprint density at radius 1 is 1.20 bits per heavy atom. The van der Waals surface area contributed by atoms with Crippen LogP contribution in [0.1, 0.15) is 18.4 Å². The maximum atomic E-state index is 12.4. The first-order valence-corrected chi connectivity index (χ1v) is 9.93. The highest BCUT2D eigenvalue weighted by atomic mass is 35.5. The number of hydrogen-bond acceptors (Lipinski definition) is 6. The molecule has 0 spiro atoms. The Bertz CT molecular complexity index is 1190. The maximum absolute atomic E-state index is 12.4.